The number of nitriles is 1. The molecule has 0 aromatic carbocycles. The number of allylic oxidation sites excluding steroid dienone is 2. The monoisotopic (exact) mass is 403 g/mol. The van der Waals surface area contributed by atoms with Gasteiger partial charge in [0.25, 0.3) is 0 Å². The SMILES string of the molecule is CC(=CC1CC1)Nc1nc(NC(C)(C)C#N)nc(-c2cccc(C(F)(F)F)n2)n1. The van der Waals surface area contributed by atoms with Gasteiger partial charge in [0, 0.05) is 5.70 Å². The number of nitrogens with zero attached hydrogens (tertiary/aromatic N) is 5. The van der Waals surface area contributed by atoms with Gasteiger partial charge in [-0.1, -0.05) is 12.1 Å². The van der Waals surface area contributed by atoms with E-state index in [0.717, 1.165) is 24.6 Å². The number of anilines is 2. The minimum atomic E-state index is -4.59. The molecular formula is C19H20F3N7. The molecule has 3 rings (SSSR count). The molecule has 2 aromatic heterocycles. The summed E-state index contributed by atoms with van der Waals surface area (Å²) in [4.78, 5) is 16.3. The molecule has 29 heavy (non-hydrogen) atoms. The lowest BCUT2D eigenvalue weighted by Gasteiger charge is -2.18. The highest BCUT2D eigenvalue weighted by atomic mass is 19.4. The van der Waals surface area contributed by atoms with Crippen LogP contribution in [0.5, 0.6) is 0 Å². The maximum Gasteiger partial charge on any atom is 0.433 e. The van der Waals surface area contributed by atoms with Crippen molar-refractivity contribution in [3.63, 3.8) is 0 Å². The van der Waals surface area contributed by atoms with Gasteiger partial charge in [0.1, 0.15) is 16.9 Å². The van der Waals surface area contributed by atoms with E-state index in [2.05, 4.69) is 42.7 Å². The molecule has 0 atom stereocenters. The lowest BCUT2D eigenvalue weighted by molar-refractivity contribution is -0.141. The Bertz CT molecular complexity index is 972. The molecule has 1 saturated carbocycles. The van der Waals surface area contributed by atoms with Crippen molar-refractivity contribution in [3.05, 3.63) is 35.7 Å². The maximum absolute atomic E-state index is 13.0. The minimum Gasteiger partial charge on any atom is -0.336 e. The molecule has 7 nitrogen and oxygen atoms in total. The van der Waals surface area contributed by atoms with Crippen LogP contribution in [0.1, 0.15) is 39.3 Å². The molecule has 0 saturated heterocycles. The van der Waals surface area contributed by atoms with E-state index in [1.807, 2.05) is 6.92 Å². The van der Waals surface area contributed by atoms with Crippen molar-refractivity contribution in [2.45, 2.75) is 45.3 Å². The van der Waals surface area contributed by atoms with Gasteiger partial charge in [-0.3, -0.25) is 0 Å². The second-order valence-corrected chi connectivity index (χ2v) is 7.39. The van der Waals surface area contributed by atoms with Crippen LogP contribution in [0, 0.1) is 17.2 Å². The number of halogens is 3. The predicted octanol–water partition coefficient (Wildman–Crippen LogP) is 4.39. The Morgan fingerprint density at radius 1 is 1.14 bits per heavy atom. The Hall–Kier alpha value is -3.22. The van der Waals surface area contributed by atoms with Gasteiger partial charge in [0.05, 0.1) is 6.07 Å². The summed E-state index contributed by atoms with van der Waals surface area (Å²) >= 11 is 0. The van der Waals surface area contributed by atoms with Crippen LogP contribution < -0.4 is 10.6 Å². The van der Waals surface area contributed by atoms with Gasteiger partial charge in [-0.05, 0) is 51.7 Å². The van der Waals surface area contributed by atoms with Crippen LogP contribution in [0.25, 0.3) is 11.5 Å². The Balaban J connectivity index is 2.01. The molecule has 152 valence electrons. The number of hydrogen-bond donors (Lipinski definition) is 2. The van der Waals surface area contributed by atoms with Crippen LogP contribution in [0.15, 0.2) is 30.0 Å². The van der Waals surface area contributed by atoms with Gasteiger partial charge in [0.15, 0.2) is 5.82 Å². The normalized spacial score (nSPS) is 15.0. The molecule has 2 aromatic rings. The fourth-order valence-electron chi connectivity index (χ4n) is 2.46. The molecule has 0 spiro atoms. The number of rotatable bonds is 6. The fourth-order valence-corrected chi connectivity index (χ4v) is 2.46. The van der Waals surface area contributed by atoms with Crippen molar-refractivity contribution in [3.8, 4) is 17.6 Å². The zero-order chi connectivity index (χ0) is 21.2. The van der Waals surface area contributed by atoms with E-state index >= 15 is 0 Å². The van der Waals surface area contributed by atoms with Crippen LogP contribution in [0.4, 0.5) is 25.1 Å². The number of alkyl halides is 3. The fraction of sp³-hybridized carbons (Fsp3) is 0.421. The molecule has 10 heteroatoms. The van der Waals surface area contributed by atoms with Gasteiger partial charge in [-0.2, -0.15) is 33.4 Å². The van der Waals surface area contributed by atoms with Gasteiger partial charge < -0.3 is 10.6 Å². The third-order valence-corrected chi connectivity index (χ3v) is 4.02. The zero-order valence-electron chi connectivity index (χ0n) is 16.2. The molecule has 0 unspecified atom stereocenters. The van der Waals surface area contributed by atoms with Crippen LogP contribution >= 0.6 is 0 Å². The molecule has 1 aliphatic carbocycles. The predicted molar refractivity (Wildman–Crippen MR) is 101 cm³/mol. The summed E-state index contributed by atoms with van der Waals surface area (Å²) in [5, 5.41) is 15.1. The highest BCUT2D eigenvalue weighted by Crippen LogP contribution is 2.32. The van der Waals surface area contributed by atoms with E-state index in [4.69, 9.17) is 0 Å². The molecule has 1 aliphatic rings. The zero-order valence-corrected chi connectivity index (χ0v) is 16.2. The Kier molecular flexibility index (Phi) is 5.42. The van der Waals surface area contributed by atoms with Gasteiger partial charge in [0.2, 0.25) is 11.9 Å². The van der Waals surface area contributed by atoms with Gasteiger partial charge >= 0.3 is 6.18 Å². The highest BCUT2D eigenvalue weighted by Gasteiger charge is 2.33. The number of hydrogen-bond acceptors (Lipinski definition) is 7. The standard InChI is InChI=1S/C19H20F3N7/c1-11(9-12-7-8-12)24-16-26-15(27-17(28-16)29-18(2,3)10-23)13-5-4-6-14(25-13)19(20,21)22/h4-6,9,12H,7-8H2,1-3H3,(H2,24,26,27,28,29). The Morgan fingerprint density at radius 3 is 2.45 bits per heavy atom. The van der Waals surface area contributed by atoms with Crippen molar-refractivity contribution < 1.29 is 13.2 Å². The average Bonchev–Trinajstić information content (AvgIpc) is 3.44. The lowest BCUT2D eigenvalue weighted by atomic mass is 10.1. The summed E-state index contributed by atoms with van der Waals surface area (Å²) in [7, 11) is 0. The van der Waals surface area contributed by atoms with E-state index in [1.165, 1.54) is 12.1 Å². The first-order valence-corrected chi connectivity index (χ1v) is 9.01. The Labute approximate surface area is 166 Å². The maximum atomic E-state index is 13.0. The number of pyridine rings is 1. The number of aromatic nitrogens is 4. The van der Waals surface area contributed by atoms with Crippen LogP contribution in [0.2, 0.25) is 0 Å². The van der Waals surface area contributed by atoms with Crippen molar-refractivity contribution in [2.75, 3.05) is 10.6 Å². The topological polar surface area (TPSA) is 99.4 Å². The largest absolute Gasteiger partial charge is 0.433 e. The second-order valence-electron chi connectivity index (χ2n) is 7.39. The van der Waals surface area contributed by atoms with Gasteiger partial charge in [-0.15, -0.1) is 0 Å². The molecule has 1 fully saturated rings. The molecule has 0 aliphatic heterocycles. The first-order chi connectivity index (χ1) is 13.6. The third-order valence-electron chi connectivity index (χ3n) is 4.02. The first-order valence-electron chi connectivity index (χ1n) is 9.01. The Morgan fingerprint density at radius 2 is 1.83 bits per heavy atom. The van der Waals surface area contributed by atoms with E-state index in [0.29, 0.717) is 5.92 Å². The summed E-state index contributed by atoms with van der Waals surface area (Å²) < 4.78 is 39.1. The highest BCUT2D eigenvalue weighted by molar-refractivity contribution is 5.55. The summed E-state index contributed by atoms with van der Waals surface area (Å²) in [5.41, 5.74) is -1.25. The van der Waals surface area contributed by atoms with Crippen molar-refractivity contribution in [1.82, 2.24) is 19.9 Å². The van der Waals surface area contributed by atoms with Crippen LogP contribution in [-0.2, 0) is 6.18 Å². The summed E-state index contributed by atoms with van der Waals surface area (Å²) in [6.45, 7) is 5.12. The van der Waals surface area contributed by atoms with E-state index in [9.17, 15) is 18.4 Å². The van der Waals surface area contributed by atoms with Crippen molar-refractivity contribution in [2.24, 2.45) is 5.92 Å². The molecule has 0 bridgehead atoms. The van der Waals surface area contributed by atoms with Crippen LogP contribution in [0.3, 0.4) is 0 Å². The van der Waals surface area contributed by atoms with Crippen molar-refractivity contribution in [1.29, 1.82) is 5.26 Å². The van der Waals surface area contributed by atoms with E-state index in [1.54, 1.807) is 13.8 Å². The van der Waals surface area contributed by atoms with Crippen LogP contribution in [-0.4, -0.2) is 25.5 Å². The third kappa shape index (κ3) is 5.63. The number of nitrogens with one attached hydrogen (secondary N) is 2. The molecule has 0 amide bonds. The summed E-state index contributed by atoms with van der Waals surface area (Å²) in [6, 6.07) is 5.58. The minimum absolute atomic E-state index is 0.0379. The smallest absolute Gasteiger partial charge is 0.336 e. The molecule has 0 radical (unpaired) electrons. The quantitative estimate of drug-likeness (QED) is 0.738. The van der Waals surface area contributed by atoms with Gasteiger partial charge in [-0.25, -0.2) is 4.98 Å². The molecule has 2 heterocycles. The first kappa shape index (κ1) is 20.5. The second kappa shape index (κ2) is 7.66. The lowest BCUT2D eigenvalue weighted by Crippen LogP contribution is -2.30. The summed E-state index contributed by atoms with van der Waals surface area (Å²) in [6.07, 6.45) is -0.284. The average molecular weight is 403 g/mol. The molecular weight excluding hydrogens is 383 g/mol. The van der Waals surface area contributed by atoms with Crippen molar-refractivity contribution >= 4 is 11.9 Å². The summed E-state index contributed by atoms with van der Waals surface area (Å²) in [5.74, 6) is 0.690. The van der Waals surface area contributed by atoms with E-state index < -0.39 is 17.4 Å². The molecule has 2 N–H and O–H groups in total. The van der Waals surface area contributed by atoms with E-state index in [-0.39, 0.29) is 23.4 Å².